The Morgan fingerprint density at radius 1 is 1.06 bits per heavy atom. The summed E-state index contributed by atoms with van der Waals surface area (Å²) in [6.45, 7) is 5.76. The molecule has 4 rings (SSSR count). The summed E-state index contributed by atoms with van der Waals surface area (Å²) < 4.78 is 5.08. The predicted octanol–water partition coefficient (Wildman–Crippen LogP) is 3.25. The number of amides is 2. The first-order valence-electron chi connectivity index (χ1n) is 10.6. The van der Waals surface area contributed by atoms with E-state index in [1.807, 2.05) is 55.5 Å². The highest BCUT2D eigenvalue weighted by Crippen LogP contribution is 2.28. The molecule has 0 unspecified atom stereocenters. The number of carbonyl (C=O) groups is 2. The molecular formula is C24H27ClN4O3. The number of ether oxygens (including phenoxy) is 1. The van der Waals surface area contributed by atoms with Crippen molar-refractivity contribution in [1.82, 2.24) is 15.5 Å². The molecule has 32 heavy (non-hydrogen) atoms. The molecule has 1 atom stereocenters. The van der Waals surface area contributed by atoms with Crippen molar-refractivity contribution in [3.8, 4) is 0 Å². The van der Waals surface area contributed by atoms with Crippen LogP contribution < -0.4 is 15.5 Å². The number of aryl methyl sites for hydroxylation is 1. The van der Waals surface area contributed by atoms with Gasteiger partial charge in [-0.15, -0.1) is 0 Å². The minimum Gasteiger partial charge on any atom is -0.466 e. The highest BCUT2D eigenvalue weighted by molar-refractivity contribution is 6.30. The Kier molecular flexibility index (Phi) is 6.67. The second-order valence-electron chi connectivity index (χ2n) is 8.07. The maximum absolute atomic E-state index is 12.7. The van der Waals surface area contributed by atoms with Crippen molar-refractivity contribution < 1.29 is 14.3 Å². The molecule has 0 aromatic heterocycles. The summed E-state index contributed by atoms with van der Waals surface area (Å²) >= 11 is 6.00. The van der Waals surface area contributed by atoms with Crippen LogP contribution in [0, 0.1) is 6.92 Å². The molecule has 0 saturated carbocycles. The van der Waals surface area contributed by atoms with Crippen LogP contribution >= 0.6 is 11.6 Å². The third-order valence-electron chi connectivity index (χ3n) is 5.92. The van der Waals surface area contributed by atoms with E-state index in [2.05, 4.69) is 20.4 Å². The Morgan fingerprint density at radius 2 is 1.72 bits per heavy atom. The number of methoxy groups -OCH3 is 1. The highest BCUT2D eigenvalue weighted by Gasteiger charge is 2.34. The number of urea groups is 1. The molecule has 2 amide bonds. The number of carbonyl (C=O) groups excluding carboxylic acids is 2. The Balaban J connectivity index is 1.53. The summed E-state index contributed by atoms with van der Waals surface area (Å²) in [4.78, 5) is 29.7. The maximum atomic E-state index is 12.7. The van der Waals surface area contributed by atoms with E-state index in [1.54, 1.807) is 0 Å². The van der Waals surface area contributed by atoms with Gasteiger partial charge in [0.05, 0.1) is 18.7 Å². The van der Waals surface area contributed by atoms with Crippen molar-refractivity contribution >= 4 is 29.3 Å². The molecule has 168 valence electrons. The number of nitrogens with one attached hydrogen (secondary N) is 2. The summed E-state index contributed by atoms with van der Waals surface area (Å²) in [6.07, 6.45) is 0. The smallest absolute Gasteiger partial charge is 0.338 e. The lowest BCUT2D eigenvalue weighted by Crippen LogP contribution is -2.51. The number of esters is 1. The van der Waals surface area contributed by atoms with Crippen LogP contribution in [0.3, 0.4) is 0 Å². The van der Waals surface area contributed by atoms with Crippen LogP contribution in [0.2, 0.25) is 5.02 Å². The Labute approximate surface area is 193 Å². The fraction of sp³-hybridized carbons (Fsp3) is 0.333. The number of benzene rings is 2. The number of hydrogen-bond donors (Lipinski definition) is 2. The molecule has 2 aromatic carbocycles. The molecule has 2 aliphatic rings. The van der Waals surface area contributed by atoms with E-state index >= 15 is 0 Å². The van der Waals surface area contributed by atoms with Gasteiger partial charge < -0.3 is 20.3 Å². The number of anilines is 1. The molecule has 8 heteroatoms. The number of halogens is 1. The lowest BCUT2D eigenvalue weighted by Gasteiger charge is -2.38. The zero-order chi connectivity index (χ0) is 22.7. The molecule has 0 bridgehead atoms. The van der Waals surface area contributed by atoms with E-state index in [0.717, 1.165) is 48.0 Å². The quantitative estimate of drug-likeness (QED) is 0.678. The molecular weight excluding hydrogens is 428 g/mol. The van der Waals surface area contributed by atoms with E-state index in [9.17, 15) is 9.59 Å². The van der Waals surface area contributed by atoms with E-state index in [-0.39, 0.29) is 6.03 Å². The number of piperazine rings is 1. The standard InChI is InChI=1S/C24H27ClN4O3/c1-16-3-5-17(6-4-16)22-21(23(30)32-2)20(26-24(31)27-22)15-28-11-13-29(14-12-28)19-9-7-18(25)8-10-19/h3-10,22H,11-15H2,1-2H3,(H2,26,27,31)/t22-/m1/s1. The monoisotopic (exact) mass is 454 g/mol. The van der Waals surface area contributed by atoms with Gasteiger partial charge in [0, 0.05) is 49.1 Å². The van der Waals surface area contributed by atoms with Gasteiger partial charge in [-0.1, -0.05) is 41.4 Å². The second-order valence-corrected chi connectivity index (χ2v) is 8.50. The van der Waals surface area contributed by atoms with Gasteiger partial charge in [0.25, 0.3) is 0 Å². The molecule has 2 aliphatic heterocycles. The molecule has 1 saturated heterocycles. The van der Waals surface area contributed by atoms with Gasteiger partial charge in [0.15, 0.2) is 0 Å². The van der Waals surface area contributed by atoms with Crippen molar-refractivity contribution in [3.05, 3.63) is 76.0 Å². The lowest BCUT2D eigenvalue weighted by atomic mass is 9.94. The zero-order valence-electron chi connectivity index (χ0n) is 18.2. The second kappa shape index (κ2) is 9.63. The van der Waals surface area contributed by atoms with Gasteiger partial charge in [0.1, 0.15) is 0 Å². The number of rotatable bonds is 5. The largest absolute Gasteiger partial charge is 0.466 e. The Morgan fingerprint density at radius 3 is 2.34 bits per heavy atom. The van der Waals surface area contributed by atoms with E-state index in [4.69, 9.17) is 16.3 Å². The highest BCUT2D eigenvalue weighted by atomic mass is 35.5. The van der Waals surface area contributed by atoms with E-state index < -0.39 is 12.0 Å². The number of nitrogens with zero attached hydrogens (tertiary/aromatic N) is 2. The van der Waals surface area contributed by atoms with Gasteiger partial charge in [-0.05, 0) is 36.8 Å². The van der Waals surface area contributed by atoms with E-state index in [1.165, 1.54) is 7.11 Å². The van der Waals surface area contributed by atoms with Crippen LogP contribution in [0.15, 0.2) is 59.8 Å². The van der Waals surface area contributed by atoms with Crippen molar-refractivity contribution in [2.24, 2.45) is 0 Å². The normalized spacial score (nSPS) is 19.4. The molecule has 2 heterocycles. The molecule has 0 aliphatic carbocycles. The first-order chi connectivity index (χ1) is 15.4. The van der Waals surface area contributed by atoms with Crippen LogP contribution in [-0.2, 0) is 9.53 Å². The maximum Gasteiger partial charge on any atom is 0.338 e. The van der Waals surface area contributed by atoms with Gasteiger partial charge in [-0.3, -0.25) is 4.90 Å². The van der Waals surface area contributed by atoms with Crippen LogP contribution in [0.4, 0.5) is 10.5 Å². The van der Waals surface area contributed by atoms with Crippen molar-refractivity contribution in [2.75, 3.05) is 44.7 Å². The molecule has 7 nitrogen and oxygen atoms in total. The van der Waals surface area contributed by atoms with Crippen LogP contribution in [-0.4, -0.2) is 56.7 Å². The average molecular weight is 455 g/mol. The van der Waals surface area contributed by atoms with Gasteiger partial charge in [0.2, 0.25) is 0 Å². The summed E-state index contributed by atoms with van der Waals surface area (Å²) in [7, 11) is 1.36. The summed E-state index contributed by atoms with van der Waals surface area (Å²) in [5.74, 6) is -0.446. The fourth-order valence-electron chi connectivity index (χ4n) is 4.14. The van der Waals surface area contributed by atoms with Crippen LogP contribution in [0.1, 0.15) is 17.2 Å². The average Bonchev–Trinajstić information content (AvgIpc) is 2.80. The van der Waals surface area contributed by atoms with Gasteiger partial charge in [-0.25, -0.2) is 9.59 Å². The summed E-state index contributed by atoms with van der Waals surface area (Å²) in [5, 5.41) is 6.44. The molecule has 0 radical (unpaired) electrons. The molecule has 2 N–H and O–H groups in total. The first kappa shape index (κ1) is 22.2. The van der Waals surface area contributed by atoms with Gasteiger partial charge in [-0.2, -0.15) is 0 Å². The van der Waals surface area contributed by atoms with Crippen LogP contribution in [0.5, 0.6) is 0 Å². The molecule has 0 spiro atoms. The summed E-state index contributed by atoms with van der Waals surface area (Å²) in [6, 6.07) is 14.7. The van der Waals surface area contributed by atoms with Gasteiger partial charge >= 0.3 is 12.0 Å². The van der Waals surface area contributed by atoms with Crippen molar-refractivity contribution in [3.63, 3.8) is 0 Å². The summed E-state index contributed by atoms with van der Waals surface area (Å²) in [5.41, 5.74) is 4.12. The minimum absolute atomic E-state index is 0.321. The Hall–Kier alpha value is -3.03. The van der Waals surface area contributed by atoms with Crippen molar-refractivity contribution in [1.29, 1.82) is 0 Å². The third kappa shape index (κ3) is 4.89. The molecule has 2 aromatic rings. The fourth-order valence-corrected chi connectivity index (χ4v) is 4.27. The third-order valence-corrected chi connectivity index (χ3v) is 6.17. The Bertz CT molecular complexity index is 1010. The topological polar surface area (TPSA) is 73.9 Å². The first-order valence-corrected chi connectivity index (χ1v) is 11.0. The SMILES string of the molecule is COC(=O)C1=C(CN2CCN(c3ccc(Cl)cc3)CC2)NC(=O)N[C@@H]1c1ccc(C)cc1. The minimum atomic E-state index is -0.554. The zero-order valence-corrected chi connectivity index (χ0v) is 19.0. The predicted molar refractivity (Wildman–Crippen MR) is 125 cm³/mol. The molecule has 1 fully saturated rings. The van der Waals surface area contributed by atoms with Crippen LogP contribution in [0.25, 0.3) is 0 Å². The number of hydrogen-bond acceptors (Lipinski definition) is 5. The van der Waals surface area contributed by atoms with Crippen molar-refractivity contribution in [2.45, 2.75) is 13.0 Å². The lowest BCUT2D eigenvalue weighted by molar-refractivity contribution is -0.136. The van der Waals surface area contributed by atoms with E-state index in [0.29, 0.717) is 17.8 Å².